The Labute approximate surface area is 121 Å². The molecule has 110 valence electrons. The van der Waals surface area contributed by atoms with Crippen LogP contribution in [0.3, 0.4) is 0 Å². The van der Waals surface area contributed by atoms with Gasteiger partial charge in [-0.05, 0) is 24.7 Å². The number of aromatic nitrogens is 2. The van der Waals surface area contributed by atoms with Crippen LogP contribution in [0.25, 0.3) is 0 Å². The fourth-order valence-electron chi connectivity index (χ4n) is 3.62. The summed E-state index contributed by atoms with van der Waals surface area (Å²) in [6, 6.07) is 0. The van der Waals surface area contributed by atoms with Gasteiger partial charge in [0.25, 0.3) is 0 Å². The molecule has 0 aromatic carbocycles. The topological polar surface area (TPSA) is 38.1 Å². The Hall–Kier alpha value is -1.16. The standard InChI is InChI=1S/C16H25N3O/c1-12(2)13-3-4-15(20)14(9-13)10-18-7-8-19-6-5-17-16(19)11-18/h5-6,12-14H,3-4,7-11H2,1-2H3. The lowest BCUT2D eigenvalue weighted by atomic mass is 9.75. The van der Waals surface area contributed by atoms with E-state index in [1.807, 2.05) is 12.4 Å². The second kappa shape index (κ2) is 5.68. The van der Waals surface area contributed by atoms with Gasteiger partial charge in [-0.15, -0.1) is 0 Å². The third-order valence-electron chi connectivity index (χ3n) is 5.05. The maximum atomic E-state index is 12.2. The van der Waals surface area contributed by atoms with Gasteiger partial charge >= 0.3 is 0 Å². The minimum Gasteiger partial charge on any atom is -0.333 e. The van der Waals surface area contributed by atoms with Crippen molar-refractivity contribution in [2.45, 2.75) is 46.2 Å². The van der Waals surface area contributed by atoms with Crippen molar-refractivity contribution >= 4 is 5.78 Å². The van der Waals surface area contributed by atoms with Crippen LogP contribution in [0.4, 0.5) is 0 Å². The fraction of sp³-hybridized carbons (Fsp3) is 0.750. The zero-order chi connectivity index (χ0) is 14.1. The number of nitrogens with zero attached hydrogens (tertiary/aromatic N) is 3. The zero-order valence-electron chi connectivity index (χ0n) is 12.6. The first-order valence-electron chi connectivity index (χ1n) is 7.88. The number of rotatable bonds is 3. The highest BCUT2D eigenvalue weighted by molar-refractivity contribution is 5.82. The number of Topliss-reactive ketones (excluding diaryl/α,β-unsaturated/α-hetero) is 1. The van der Waals surface area contributed by atoms with Gasteiger partial charge < -0.3 is 4.57 Å². The SMILES string of the molecule is CC(C)C1CCC(=O)C(CN2CCn3ccnc3C2)C1. The average Bonchev–Trinajstić information content (AvgIpc) is 2.88. The second-order valence-corrected chi connectivity index (χ2v) is 6.71. The number of ketones is 1. The van der Waals surface area contributed by atoms with Crippen molar-refractivity contribution in [3.63, 3.8) is 0 Å². The summed E-state index contributed by atoms with van der Waals surface area (Å²) in [5, 5.41) is 0. The molecule has 1 aromatic heterocycles. The fourth-order valence-corrected chi connectivity index (χ4v) is 3.62. The van der Waals surface area contributed by atoms with Gasteiger partial charge in [0.1, 0.15) is 11.6 Å². The van der Waals surface area contributed by atoms with Gasteiger partial charge in [0.05, 0.1) is 6.54 Å². The van der Waals surface area contributed by atoms with Gasteiger partial charge in [-0.2, -0.15) is 0 Å². The molecule has 1 aliphatic heterocycles. The summed E-state index contributed by atoms with van der Waals surface area (Å²) in [4.78, 5) is 19.0. The van der Waals surface area contributed by atoms with Crippen molar-refractivity contribution in [3.8, 4) is 0 Å². The molecule has 0 spiro atoms. The van der Waals surface area contributed by atoms with Crippen LogP contribution in [0, 0.1) is 17.8 Å². The van der Waals surface area contributed by atoms with E-state index in [0.717, 1.165) is 57.2 Å². The van der Waals surface area contributed by atoms with E-state index in [9.17, 15) is 4.79 Å². The molecule has 3 rings (SSSR count). The van der Waals surface area contributed by atoms with Crippen LogP contribution in [0.2, 0.25) is 0 Å². The van der Waals surface area contributed by atoms with Crippen LogP contribution >= 0.6 is 0 Å². The van der Waals surface area contributed by atoms with Crippen molar-refractivity contribution in [3.05, 3.63) is 18.2 Å². The van der Waals surface area contributed by atoms with Crippen molar-refractivity contribution in [1.29, 1.82) is 0 Å². The normalized spacial score (nSPS) is 27.9. The number of fused-ring (bicyclic) bond motifs is 1. The highest BCUT2D eigenvalue weighted by atomic mass is 16.1. The summed E-state index contributed by atoms with van der Waals surface area (Å²) < 4.78 is 2.22. The highest BCUT2D eigenvalue weighted by Gasteiger charge is 2.32. The lowest BCUT2D eigenvalue weighted by Crippen LogP contribution is -2.41. The lowest BCUT2D eigenvalue weighted by Gasteiger charge is -2.35. The summed E-state index contributed by atoms with van der Waals surface area (Å²) in [6.07, 6.45) is 6.89. The van der Waals surface area contributed by atoms with Crippen LogP contribution < -0.4 is 0 Å². The molecule has 1 saturated carbocycles. The van der Waals surface area contributed by atoms with E-state index in [0.29, 0.717) is 11.7 Å². The Balaban J connectivity index is 1.61. The molecule has 0 amide bonds. The molecule has 4 heteroatoms. The third kappa shape index (κ3) is 2.80. The van der Waals surface area contributed by atoms with E-state index in [1.54, 1.807) is 0 Å². The van der Waals surface area contributed by atoms with Gasteiger partial charge in [-0.1, -0.05) is 13.8 Å². The molecule has 0 bridgehead atoms. The number of imidazole rings is 1. The Bertz CT molecular complexity index is 480. The van der Waals surface area contributed by atoms with E-state index in [4.69, 9.17) is 0 Å². The highest BCUT2D eigenvalue weighted by Crippen LogP contribution is 2.32. The first-order chi connectivity index (χ1) is 9.63. The summed E-state index contributed by atoms with van der Waals surface area (Å²) in [7, 11) is 0. The number of carbonyl (C=O) groups excluding carboxylic acids is 1. The molecule has 20 heavy (non-hydrogen) atoms. The number of carbonyl (C=O) groups is 1. The number of hydrogen-bond acceptors (Lipinski definition) is 3. The molecule has 2 heterocycles. The molecular formula is C16H25N3O. The molecule has 2 aliphatic rings. The zero-order valence-corrected chi connectivity index (χ0v) is 12.6. The predicted molar refractivity (Wildman–Crippen MR) is 78.2 cm³/mol. The average molecular weight is 275 g/mol. The van der Waals surface area contributed by atoms with E-state index in [2.05, 4.69) is 28.3 Å². The Morgan fingerprint density at radius 2 is 2.25 bits per heavy atom. The summed E-state index contributed by atoms with van der Waals surface area (Å²) in [5.74, 6) is 3.30. The van der Waals surface area contributed by atoms with Crippen LogP contribution in [0.5, 0.6) is 0 Å². The number of hydrogen-bond donors (Lipinski definition) is 0. The van der Waals surface area contributed by atoms with Crippen molar-refractivity contribution in [2.75, 3.05) is 13.1 Å². The molecule has 2 atom stereocenters. The van der Waals surface area contributed by atoms with Gasteiger partial charge in [-0.25, -0.2) is 4.98 Å². The Morgan fingerprint density at radius 1 is 1.40 bits per heavy atom. The molecule has 1 fully saturated rings. The lowest BCUT2D eigenvalue weighted by molar-refractivity contribution is -0.126. The van der Waals surface area contributed by atoms with Crippen LogP contribution in [-0.4, -0.2) is 33.3 Å². The van der Waals surface area contributed by atoms with Gasteiger partial charge in [-0.3, -0.25) is 9.69 Å². The van der Waals surface area contributed by atoms with Crippen molar-refractivity contribution in [1.82, 2.24) is 14.5 Å². The molecule has 1 aliphatic carbocycles. The maximum absolute atomic E-state index is 12.2. The monoisotopic (exact) mass is 275 g/mol. The largest absolute Gasteiger partial charge is 0.333 e. The molecule has 2 unspecified atom stereocenters. The van der Waals surface area contributed by atoms with Crippen LogP contribution in [0.15, 0.2) is 12.4 Å². The maximum Gasteiger partial charge on any atom is 0.137 e. The minimum atomic E-state index is 0.248. The first-order valence-corrected chi connectivity index (χ1v) is 7.88. The molecule has 0 saturated heterocycles. The van der Waals surface area contributed by atoms with E-state index in [1.165, 1.54) is 0 Å². The second-order valence-electron chi connectivity index (χ2n) is 6.71. The van der Waals surface area contributed by atoms with Gasteiger partial charge in [0.2, 0.25) is 0 Å². The van der Waals surface area contributed by atoms with Gasteiger partial charge in [0.15, 0.2) is 0 Å². The smallest absolute Gasteiger partial charge is 0.137 e. The van der Waals surface area contributed by atoms with Crippen molar-refractivity contribution in [2.24, 2.45) is 17.8 Å². The van der Waals surface area contributed by atoms with E-state index < -0.39 is 0 Å². The Morgan fingerprint density at radius 3 is 3.05 bits per heavy atom. The van der Waals surface area contributed by atoms with E-state index in [-0.39, 0.29) is 5.92 Å². The third-order valence-corrected chi connectivity index (χ3v) is 5.05. The Kier molecular flexibility index (Phi) is 3.92. The summed E-state index contributed by atoms with van der Waals surface area (Å²) in [6.45, 7) is 8.44. The quantitative estimate of drug-likeness (QED) is 0.850. The molecule has 0 radical (unpaired) electrons. The molecule has 1 aromatic rings. The van der Waals surface area contributed by atoms with Crippen LogP contribution in [-0.2, 0) is 17.9 Å². The molecular weight excluding hydrogens is 250 g/mol. The van der Waals surface area contributed by atoms with E-state index >= 15 is 0 Å². The van der Waals surface area contributed by atoms with Crippen LogP contribution in [0.1, 0.15) is 38.9 Å². The minimum absolute atomic E-state index is 0.248. The summed E-state index contributed by atoms with van der Waals surface area (Å²) in [5.41, 5.74) is 0. The van der Waals surface area contributed by atoms with Gasteiger partial charge in [0, 0.05) is 44.4 Å². The summed E-state index contributed by atoms with van der Waals surface area (Å²) >= 11 is 0. The first kappa shape index (κ1) is 13.8. The molecule has 0 N–H and O–H groups in total. The van der Waals surface area contributed by atoms with Crippen molar-refractivity contribution < 1.29 is 4.79 Å². The predicted octanol–water partition coefficient (Wildman–Crippen LogP) is 2.34. The molecule has 4 nitrogen and oxygen atoms in total.